The predicted octanol–water partition coefficient (Wildman–Crippen LogP) is 1.82. The largest absolute Gasteiger partial charge is 0.359 e. The molecule has 0 radical (unpaired) electrons. The molecule has 3 aromatic rings. The van der Waals surface area contributed by atoms with Gasteiger partial charge in [-0.05, 0) is 36.4 Å². The number of benzene rings is 1. The van der Waals surface area contributed by atoms with Crippen molar-refractivity contribution in [3.8, 4) is 11.4 Å². The van der Waals surface area contributed by atoms with Crippen LogP contribution >= 0.6 is 0 Å². The van der Waals surface area contributed by atoms with Crippen molar-refractivity contribution in [2.45, 2.75) is 13.5 Å². The van der Waals surface area contributed by atoms with E-state index in [0.29, 0.717) is 23.7 Å². The SMILES string of the molecule is Cc1cc(Cn2nnc(-c3ccc(F)cc3)n2)on1. The first-order valence-electron chi connectivity index (χ1n) is 5.66. The molecular weight excluding hydrogens is 249 g/mol. The molecule has 1 aromatic carbocycles. The molecule has 2 heterocycles. The maximum absolute atomic E-state index is 12.8. The van der Waals surface area contributed by atoms with Gasteiger partial charge in [0, 0.05) is 11.6 Å². The van der Waals surface area contributed by atoms with Gasteiger partial charge >= 0.3 is 0 Å². The maximum Gasteiger partial charge on any atom is 0.204 e. The molecule has 0 unspecified atom stereocenters. The number of tetrazole rings is 1. The molecule has 7 heteroatoms. The third kappa shape index (κ3) is 2.49. The highest BCUT2D eigenvalue weighted by atomic mass is 19.1. The van der Waals surface area contributed by atoms with E-state index in [1.54, 1.807) is 18.2 Å². The average molecular weight is 259 g/mol. The molecule has 0 aliphatic heterocycles. The first kappa shape index (κ1) is 11.5. The zero-order valence-corrected chi connectivity index (χ0v) is 10.1. The predicted molar refractivity (Wildman–Crippen MR) is 63.6 cm³/mol. The summed E-state index contributed by atoms with van der Waals surface area (Å²) in [6.07, 6.45) is 0. The summed E-state index contributed by atoms with van der Waals surface area (Å²) in [5.74, 6) is 0.796. The van der Waals surface area contributed by atoms with E-state index in [1.165, 1.54) is 16.9 Å². The van der Waals surface area contributed by atoms with Crippen LogP contribution in [0.5, 0.6) is 0 Å². The number of halogens is 1. The molecule has 19 heavy (non-hydrogen) atoms. The van der Waals surface area contributed by atoms with Gasteiger partial charge in [0.1, 0.15) is 12.4 Å². The lowest BCUT2D eigenvalue weighted by Gasteiger charge is -1.94. The van der Waals surface area contributed by atoms with E-state index in [4.69, 9.17) is 4.52 Å². The lowest BCUT2D eigenvalue weighted by atomic mass is 10.2. The van der Waals surface area contributed by atoms with Crippen LogP contribution in [0.3, 0.4) is 0 Å². The Morgan fingerprint density at radius 1 is 1.26 bits per heavy atom. The van der Waals surface area contributed by atoms with E-state index in [0.717, 1.165) is 5.69 Å². The van der Waals surface area contributed by atoms with Crippen molar-refractivity contribution >= 4 is 0 Å². The topological polar surface area (TPSA) is 69.6 Å². The summed E-state index contributed by atoms with van der Waals surface area (Å²) >= 11 is 0. The average Bonchev–Trinajstić information content (AvgIpc) is 3.00. The van der Waals surface area contributed by atoms with Gasteiger partial charge < -0.3 is 4.52 Å². The third-order valence-corrected chi connectivity index (χ3v) is 2.53. The van der Waals surface area contributed by atoms with E-state index in [-0.39, 0.29) is 5.82 Å². The van der Waals surface area contributed by atoms with Crippen LogP contribution in [0, 0.1) is 12.7 Å². The van der Waals surface area contributed by atoms with Crippen LogP contribution in [-0.2, 0) is 6.54 Å². The number of aromatic nitrogens is 5. The van der Waals surface area contributed by atoms with Gasteiger partial charge in [-0.25, -0.2) is 4.39 Å². The smallest absolute Gasteiger partial charge is 0.204 e. The normalized spacial score (nSPS) is 10.8. The van der Waals surface area contributed by atoms with Crippen molar-refractivity contribution in [2.24, 2.45) is 0 Å². The molecule has 0 aliphatic rings. The van der Waals surface area contributed by atoms with Gasteiger partial charge in [-0.15, -0.1) is 10.2 Å². The molecule has 96 valence electrons. The number of nitrogens with zero attached hydrogens (tertiary/aromatic N) is 5. The number of hydrogen-bond donors (Lipinski definition) is 0. The molecule has 3 rings (SSSR count). The zero-order valence-electron chi connectivity index (χ0n) is 10.1. The van der Waals surface area contributed by atoms with Crippen molar-refractivity contribution < 1.29 is 8.91 Å². The lowest BCUT2D eigenvalue weighted by Crippen LogP contribution is -2.03. The Morgan fingerprint density at radius 2 is 2.05 bits per heavy atom. The fourth-order valence-electron chi connectivity index (χ4n) is 1.65. The third-order valence-electron chi connectivity index (χ3n) is 2.53. The minimum Gasteiger partial charge on any atom is -0.359 e. The summed E-state index contributed by atoms with van der Waals surface area (Å²) < 4.78 is 17.9. The van der Waals surface area contributed by atoms with Crippen LogP contribution in [0.4, 0.5) is 4.39 Å². The molecule has 0 atom stereocenters. The van der Waals surface area contributed by atoms with E-state index in [9.17, 15) is 4.39 Å². The Morgan fingerprint density at radius 3 is 2.74 bits per heavy atom. The van der Waals surface area contributed by atoms with E-state index < -0.39 is 0 Å². The Hall–Kier alpha value is -2.57. The Kier molecular flexibility index (Phi) is 2.79. The Bertz CT molecular complexity index is 688. The van der Waals surface area contributed by atoms with Gasteiger partial charge in [0.15, 0.2) is 5.76 Å². The second kappa shape index (κ2) is 4.60. The van der Waals surface area contributed by atoms with E-state index in [1.807, 2.05) is 6.92 Å². The lowest BCUT2D eigenvalue weighted by molar-refractivity contribution is 0.359. The summed E-state index contributed by atoms with van der Waals surface area (Å²) in [6.45, 7) is 2.20. The summed E-state index contributed by atoms with van der Waals surface area (Å²) in [7, 11) is 0. The Balaban J connectivity index is 1.81. The molecule has 0 N–H and O–H groups in total. The summed E-state index contributed by atoms with van der Waals surface area (Å²) in [4.78, 5) is 1.40. The minimum absolute atomic E-state index is 0.298. The standard InChI is InChI=1S/C12H10FN5O/c1-8-6-11(19-16-8)7-18-15-12(14-17-18)9-2-4-10(13)5-3-9/h2-6H,7H2,1H3. The number of hydrogen-bond acceptors (Lipinski definition) is 5. The van der Waals surface area contributed by atoms with Gasteiger partial charge in [-0.3, -0.25) is 0 Å². The van der Waals surface area contributed by atoms with Crippen molar-refractivity contribution in [1.82, 2.24) is 25.4 Å². The van der Waals surface area contributed by atoms with Crippen molar-refractivity contribution in [1.29, 1.82) is 0 Å². The highest BCUT2D eigenvalue weighted by Gasteiger charge is 2.08. The molecular formula is C12H10FN5O. The maximum atomic E-state index is 12.8. The summed E-state index contributed by atoms with van der Waals surface area (Å²) in [5.41, 5.74) is 1.51. The van der Waals surface area contributed by atoms with Gasteiger partial charge in [-0.2, -0.15) is 4.80 Å². The van der Waals surface area contributed by atoms with Gasteiger partial charge in [0.05, 0.1) is 5.69 Å². The molecule has 2 aromatic heterocycles. The van der Waals surface area contributed by atoms with E-state index >= 15 is 0 Å². The fourth-order valence-corrected chi connectivity index (χ4v) is 1.65. The van der Waals surface area contributed by atoms with Gasteiger partial charge in [-0.1, -0.05) is 5.16 Å². The van der Waals surface area contributed by atoms with Crippen LogP contribution in [0.25, 0.3) is 11.4 Å². The molecule has 0 aliphatic carbocycles. The summed E-state index contributed by atoms with van der Waals surface area (Å²) in [6, 6.07) is 7.73. The number of rotatable bonds is 3. The van der Waals surface area contributed by atoms with Crippen LogP contribution in [0.15, 0.2) is 34.9 Å². The van der Waals surface area contributed by atoms with Gasteiger partial charge in [0.25, 0.3) is 0 Å². The second-order valence-electron chi connectivity index (χ2n) is 4.08. The molecule has 6 nitrogen and oxygen atoms in total. The second-order valence-corrected chi connectivity index (χ2v) is 4.08. The van der Waals surface area contributed by atoms with Crippen LogP contribution in [0.1, 0.15) is 11.5 Å². The van der Waals surface area contributed by atoms with Crippen LogP contribution < -0.4 is 0 Å². The van der Waals surface area contributed by atoms with Crippen molar-refractivity contribution in [3.05, 3.63) is 47.6 Å². The fraction of sp³-hybridized carbons (Fsp3) is 0.167. The van der Waals surface area contributed by atoms with Crippen molar-refractivity contribution in [2.75, 3.05) is 0 Å². The monoisotopic (exact) mass is 259 g/mol. The molecule has 0 saturated carbocycles. The Labute approximate surface area is 107 Å². The molecule has 0 fully saturated rings. The highest BCUT2D eigenvalue weighted by Crippen LogP contribution is 2.14. The summed E-state index contributed by atoms with van der Waals surface area (Å²) in [5, 5.41) is 15.8. The quantitative estimate of drug-likeness (QED) is 0.717. The molecule has 0 bridgehead atoms. The van der Waals surface area contributed by atoms with Gasteiger partial charge in [0.2, 0.25) is 5.82 Å². The molecule has 0 saturated heterocycles. The van der Waals surface area contributed by atoms with Crippen LogP contribution in [0.2, 0.25) is 0 Å². The molecule has 0 spiro atoms. The minimum atomic E-state index is -0.298. The van der Waals surface area contributed by atoms with Crippen LogP contribution in [-0.4, -0.2) is 25.4 Å². The first-order valence-corrected chi connectivity index (χ1v) is 5.66. The van der Waals surface area contributed by atoms with Crippen molar-refractivity contribution in [3.63, 3.8) is 0 Å². The molecule has 0 amide bonds. The van der Waals surface area contributed by atoms with E-state index in [2.05, 4.69) is 20.6 Å². The highest BCUT2D eigenvalue weighted by molar-refractivity contribution is 5.53. The zero-order chi connectivity index (χ0) is 13.2. The first-order chi connectivity index (χ1) is 9.20. The number of aryl methyl sites for hydroxylation is 1.